The van der Waals surface area contributed by atoms with Crippen LogP contribution in [0.1, 0.15) is 17.5 Å². The normalized spacial score (nSPS) is 14.1. The largest absolute Gasteiger partial charge is 0.378 e. The van der Waals surface area contributed by atoms with Gasteiger partial charge in [-0.3, -0.25) is 14.9 Å². The molecule has 7 nitrogen and oxygen atoms in total. The number of anilines is 1. The number of H-pyrrole nitrogens is 1. The molecule has 3 heterocycles. The van der Waals surface area contributed by atoms with Crippen LogP contribution in [0.2, 0.25) is 0 Å². The maximum Gasteiger partial charge on any atom is 0.259 e. The summed E-state index contributed by atoms with van der Waals surface area (Å²) >= 11 is 0. The second-order valence-corrected chi connectivity index (χ2v) is 9.27. The number of rotatable bonds is 7. The first kappa shape index (κ1) is 22.0. The minimum absolute atomic E-state index is 0.352. The number of hydrogen-bond acceptors (Lipinski definition) is 4. The van der Waals surface area contributed by atoms with Crippen LogP contribution in [0.5, 0.6) is 0 Å². The second kappa shape index (κ2) is 8.50. The average molecular weight is 456 g/mol. The van der Waals surface area contributed by atoms with Crippen LogP contribution >= 0.6 is 0 Å². The minimum Gasteiger partial charge on any atom is -0.378 e. The van der Waals surface area contributed by atoms with Crippen LogP contribution < -0.4 is 10.2 Å². The van der Waals surface area contributed by atoms with E-state index < -0.39 is 0 Å². The van der Waals surface area contributed by atoms with Crippen LogP contribution in [-0.2, 0) is 16.1 Å². The Bertz CT molecular complexity index is 1450. The predicted octanol–water partition coefficient (Wildman–Crippen LogP) is 3.71. The molecule has 0 spiro atoms. The Hall–Kier alpha value is -3.84. The summed E-state index contributed by atoms with van der Waals surface area (Å²) in [5, 5.41) is 4.43. The van der Waals surface area contributed by atoms with E-state index in [1.807, 2.05) is 50.8 Å². The summed E-state index contributed by atoms with van der Waals surface area (Å²) < 4.78 is 2.21. The number of carbonyl (C=O) groups is 2. The number of nitrogens with one attached hydrogen (secondary N) is 2. The lowest BCUT2D eigenvalue weighted by Crippen LogP contribution is -2.22. The van der Waals surface area contributed by atoms with E-state index in [1.54, 1.807) is 0 Å². The van der Waals surface area contributed by atoms with Crippen molar-refractivity contribution in [2.75, 3.05) is 39.6 Å². The Kier molecular flexibility index (Phi) is 5.49. The first-order chi connectivity index (χ1) is 16.3. The van der Waals surface area contributed by atoms with Crippen molar-refractivity contribution in [3.8, 4) is 0 Å². The lowest BCUT2D eigenvalue weighted by atomic mass is 9.95. The molecule has 4 aromatic rings. The number of benzene rings is 2. The fourth-order valence-corrected chi connectivity index (χ4v) is 4.75. The van der Waals surface area contributed by atoms with Crippen LogP contribution in [0.25, 0.3) is 33.0 Å². The molecule has 0 unspecified atom stereocenters. The molecule has 0 saturated carbocycles. The van der Waals surface area contributed by atoms with Gasteiger partial charge >= 0.3 is 0 Å². The standard InChI is InChI=1S/C27H29N5O2/c1-30(2)12-7-13-32-16-21(19-11-10-17(31(3)4)14-23(19)32)25-24(26(33)29-27(25)34)20-15-28-22-9-6-5-8-18(20)22/h5-6,8-11,14-16,28H,7,12-13H2,1-4H3,(H,29,33,34). The fraction of sp³-hybridized carbons (Fsp3) is 0.259. The number of hydrogen-bond donors (Lipinski definition) is 2. The van der Waals surface area contributed by atoms with Gasteiger partial charge in [0.1, 0.15) is 0 Å². The van der Waals surface area contributed by atoms with Gasteiger partial charge in [-0.25, -0.2) is 0 Å². The van der Waals surface area contributed by atoms with Crippen molar-refractivity contribution in [3.05, 3.63) is 66.0 Å². The minimum atomic E-state index is -0.358. The summed E-state index contributed by atoms with van der Waals surface area (Å²) in [5.41, 5.74) is 5.45. The molecule has 1 aliphatic rings. The molecule has 34 heavy (non-hydrogen) atoms. The van der Waals surface area contributed by atoms with Gasteiger partial charge in [-0.2, -0.15) is 0 Å². The van der Waals surface area contributed by atoms with Crippen LogP contribution in [0, 0.1) is 0 Å². The summed E-state index contributed by atoms with van der Waals surface area (Å²) in [7, 11) is 8.16. The number of para-hydroxylation sites is 1. The molecule has 0 radical (unpaired) electrons. The molecule has 2 aromatic carbocycles. The van der Waals surface area contributed by atoms with Crippen LogP contribution in [0.4, 0.5) is 5.69 Å². The predicted molar refractivity (Wildman–Crippen MR) is 138 cm³/mol. The van der Waals surface area contributed by atoms with Crippen molar-refractivity contribution in [2.45, 2.75) is 13.0 Å². The summed E-state index contributed by atoms with van der Waals surface area (Å²) in [6, 6.07) is 14.1. The third-order valence-corrected chi connectivity index (χ3v) is 6.45. The smallest absolute Gasteiger partial charge is 0.259 e. The van der Waals surface area contributed by atoms with Gasteiger partial charge in [0.15, 0.2) is 0 Å². The highest BCUT2D eigenvalue weighted by molar-refractivity contribution is 6.50. The second-order valence-electron chi connectivity index (χ2n) is 9.27. The maximum absolute atomic E-state index is 13.1. The Morgan fingerprint density at radius 2 is 1.62 bits per heavy atom. The quantitative estimate of drug-likeness (QED) is 0.417. The lowest BCUT2D eigenvalue weighted by molar-refractivity contribution is -0.122. The molecule has 1 aliphatic heterocycles. The van der Waals surface area contributed by atoms with E-state index in [4.69, 9.17) is 0 Å². The van der Waals surface area contributed by atoms with Gasteiger partial charge in [0.05, 0.1) is 16.7 Å². The molecular formula is C27H29N5O2. The summed E-state index contributed by atoms with van der Waals surface area (Å²) in [6.07, 6.45) is 4.82. The Labute approximate surface area is 198 Å². The first-order valence-corrected chi connectivity index (χ1v) is 11.5. The Morgan fingerprint density at radius 3 is 2.35 bits per heavy atom. The van der Waals surface area contributed by atoms with Crippen molar-refractivity contribution in [2.24, 2.45) is 0 Å². The molecule has 0 aliphatic carbocycles. The van der Waals surface area contributed by atoms with E-state index in [2.05, 4.69) is 57.0 Å². The van der Waals surface area contributed by atoms with Crippen molar-refractivity contribution >= 4 is 50.5 Å². The Morgan fingerprint density at radius 1 is 0.882 bits per heavy atom. The third-order valence-electron chi connectivity index (χ3n) is 6.45. The molecule has 2 amide bonds. The van der Waals surface area contributed by atoms with Gasteiger partial charge in [0.2, 0.25) is 0 Å². The first-order valence-electron chi connectivity index (χ1n) is 11.5. The van der Waals surface area contributed by atoms with E-state index in [9.17, 15) is 9.59 Å². The lowest BCUT2D eigenvalue weighted by Gasteiger charge is -2.14. The van der Waals surface area contributed by atoms with E-state index in [1.165, 1.54) is 0 Å². The number of imide groups is 1. The van der Waals surface area contributed by atoms with Crippen molar-refractivity contribution in [1.29, 1.82) is 0 Å². The monoisotopic (exact) mass is 455 g/mol. The van der Waals surface area contributed by atoms with Crippen molar-refractivity contribution < 1.29 is 9.59 Å². The van der Waals surface area contributed by atoms with Crippen LogP contribution in [-0.4, -0.2) is 61.0 Å². The molecule has 2 N–H and O–H groups in total. The van der Waals surface area contributed by atoms with E-state index in [-0.39, 0.29) is 11.8 Å². The molecule has 0 atom stereocenters. The van der Waals surface area contributed by atoms with Crippen LogP contribution in [0.3, 0.4) is 0 Å². The number of nitrogens with zero attached hydrogens (tertiary/aromatic N) is 3. The SMILES string of the molecule is CN(C)CCCn1cc(C2=C(c3c[nH]c4ccccc34)C(=O)NC2=O)c2ccc(N(C)C)cc21. The highest BCUT2D eigenvalue weighted by atomic mass is 16.2. The molecule has 5 rings (SSSR count). The highest BCUT2D eigenvalue weighted by Gasteiger charge is 2.35. The molecule has 2 aromatic heterocycles. The van der Waals surface area contributed by atoms with Gasteiger partial charge < -0.3 is 19.4 Å². The number of carbonyl (C=O) groups excluding carboxylic acids is 2. The van der Waals surface area contributed by atoms with E-state index in [0.717, 1.165) is 58.1 Å². The number of aromatic amines is 1. The zero-order valence-corrected chi connectivity index (χ0v) is 20.0. The highest BCUT2D eigenvalue weighted by Crippen LogP contribution is 2.39. The zero-order valence-electron chi connectivity index (χ0n) is 20.0. The van der Waals surface area contributed by atoms with Gasteiger partial charge in [0.25, 0.3) is 11.8 Å². The molecule has 7 heteroatoms. The zero-order chi connectivity index (χ0) is 24.0. The van der Waals surface area contributed by atoms with Crippen LogP contribution in [0.15, 0.2) is 54.9 Å². The number of fused-ring (bicyclic) bond motifs is 2. The molecule has 0 bridgehead atoms. The van der Waals surface area contributed by atoms with E-state index >= 15 is 0 Å². The fourth-order valence-electron chi connectivity index (χ4n) is 4.75. The molecule has 174 valence electrons. The number of aromatic nitrogens is 2. The van der Waals surface area contributed by atoms with Gasteiger partial charge in [0, 0.05) is 66.1 Å². The van der Waals surface area contributed by atoms with Gasteiger partial charge in [-0.15, -0.1) is 0 Å². The average Bonchev–Trinajstić information content (AvgIpc) is 3.46. The van der Waals surface area contributed by atoms with Crippen molar-refractivity contribution in [3.63, 3.8) is 0 Å². The van der Waals surface area contributed by atoms with Gasteiger partial charge in [-0.1, -0.05) is 24.3 Å². The summed E-state index contributed by atoms with van der Waals surface area (Å²) in [6.45, 7) is 1.78. The third kappa shape index (κ3) is 3.68. The molecule has 0 saturated heterocycles. The number of aryl methyl sites for hydroxylation is 1. The topological polar surface area (TPSA) is 73.4 Å². The van der Waals surface area contributed by atoms with E-state index in [0.29, 0.717) is 11.1 Å². The van der Waals surface area contributed by atoms with Crippen molar-refractivity contribution in [1.82, 2.24) is 19.8 Å². The summed E-state index contributed by atoms with van der Waals surface area (Å²) in [5.74, 6) is -0.711. The number of amides is 2. The molecule has 0 fully saturated rings. The molecular weight excluding hydrogens is 426 g/mol. The van der Waals surface area contributed by atoms with Gasteiger partial charge in [-0.05, 0) is 45.3 Å². The maximum atomic E-state index is 13.1. The summed E-state index contributed by atoms with van der Waals surface area (Å²) in [4.78, 5) is 33.6. The Balaban J connectivity index is 1.72.